The summed E-state index contributed by atoms with van der Waals surface area (Å²) < 4.78 is 6.33. The van der Waals surface area contributed by atoms with Gasteiger partial charge in [-0.15, -0.1) is 23.1 Å². The molecule has 0 saturated carbocycles. The van der Waals surface area contributed by atoms with E-state index in [4.69, 9.17) is 10.1 Å². The Bertz CT molecular complexity index is 665. The molecule has 0 fully saturated rings. The Kier molecular flexibility index (Phi) is 4.98. The second-order valence-corrected chi connectivity index (χ2v) is 6.13. The van der Waals surface area contributed by atoms with Crippen molar-refractivity contribution in [1.82, 2.24) is 0 Å². The number of benzene rings is 1. The molecule has 1 aromatic carbocycles. The second kappa shape index (κ2) is 6.72. The molecule has 2 rings (SSSR count). The molecule has 3 nitrogen and oxygen atoms in total. The standard InChI is InChI=1S/C15H15NO2S2/c1-3-18-15(17)13-11(10-7-5-4-6-8-10)9-12(19-2)20-14(13)16/h4-9,16H,3H2,1-2H3. The van der Waals surface area contributed by atoms with Gasteiger partial charge in [-0.2, -0.15) is 0 Å². The predicted molar refractivity (Wildman–Crippen MR) is 83.3 cm³/mol. The Morgan fingerprint density at radius 1 is 1.35 bits per heavy atom. The van der Waals surface area contributed by atoms with Gasteiger partial charge in [0.1, 0.15) is 10.2 Å². The summed E-state index contributed by atoms with van der Waals surface area (Å²) in [6, 6.07) is 11.6. The first kappa shape index (κ1) is 14.8. The van der Waals surface area contributed by atoms with Gasteiger partial charge in [0.25, 0.3) is 0 Å². The van der Waals surface area contributed by atoms with Crippen molar-refractivity contribution in [2.24, 2.45) is 0 Å². The van der Waals surface area contributed by atoms with Crippen LogP contribution in [-0.4, -0.2) is 18.8 Å². The fourth-order valence-corrected chi connectivity index (χ4v) is 3.34. The van der Waals surface area contributed by atoms with Crippen molar-refractivity contribution in [3.05, 3.63) is 46.6 Å². The molecule has 0 radical (unpaired) electrons. The molecule has 0 unspecified atom stereocenters. The number of rotatable bonds is 4. The van der Waals surface area contributed by atoms with Gasteiger partial charge < -0.3 is 4.74 Å². The van der Waals surface area contributed by atoms with Crippen molar-refractivity contribution in [2.45, 2.75) is 11.1 Å². The van der Waals surface area contributed by atoms with Gasteiger partial charge in [0.05, 0.1) is 10.8 Å². The molecule has 0 spiro atoms. The van der Waals surface area contributed by atoms with Crippen molar-refractivity contribution in [3.8, 4) is 11.1 Å². The fourth-order valence-electron chi connectivity index (χ4n) is 1.85. The van der Waals surface area contributed by atoms with Crippen LogP contribution in [0, 0.1) is 5.41 Å². The molecule has 0 aliphatic rings. The highest BCUT2D eigenvalue weighted by Crippen LogP contribution is 2.28. The Morgan fingerprint density at radius 2 is 2.05 bits per heavy atom. The normalized spacial score (nSPS) is 10.3. The number of hydrogen-bond acceptors (Lipinski definition) is 5. The highest BCUT2D eigenvalue weighted by Gasteiger charge is 2.17. The summed E-state index contributed by atoms with van der Waals surface area (Å²) in [6.07, 6.45) is 1.96. The number of nitrogens with one attached hydrogen (secondary N) is 1. The Morgan fingerprint density at radius 3 is 2.65 bits per heavy atom. The summed E-state index contributed by atoms with van der Waals surface area (Å²) in [7, 11) is 0. The highest BCUT2D eigenvalue weighted by molar-refractivity contribution is 8.00. The summed E-state index contributed by atoms with van der Waals surface area (Å²) in [5.41, 5.74) is 2.03. The molecule has 20 heavy (non-hydrogen) atoms. The zero-order valence-electron chi connectivity index (χ0n) is 11.3. The molecule has 1 aromatic heterocycles. The summed E-state index contributed by atoms with van der Waals surface area (Å²) in [5.74, 6) is -0.430. The van der Waals surface area contributed by atoms with Crippen LogP contribution >= 0.6 is 23.1 Å². The van der Waals surface area contributed by atoms with E-state index in [1.54, 1.807) is 18.7 Å². The van der Waals surface area contributed by atoms with Gasteiger partial charge in [0.2, 0.25) is 0 Å². The van der Waals surface area contributed by atoms with Crippen molar-refractivity contribution >= 4 is 29.1 Å². The van der Waals surface area contributed by atoms with E-state index < -0.39 is 5.97 Å². The maximum absolute atomic E-state index is 12.1. The minimum Gasteiger partial charge on any atom is -0.462 e. The first-order valence-electron chi connectivity index (χ1n) is 6.16. The van der Waals surface area contributed by atoms with Crippen LogP contribution < -0.4 is 4.67 Å². The van der Waals surface area contributed by atoms with Crippen LogP contribution in [0.25, 0.3) is 11.1 Å². The molecular weight excluding hydrogens is 290 g/mol. The SMILES string of the molecule is CCOC(=O)c1c(-c2ccccc2)cc(SC)sc1=N. The van der Waals surface area contributed by atoms with Crippen molar-refractivity contribution in [3.63, 3.8) is 0 Å². The smallest absolute Gasteiger partial charge is 0.341 e. The monoisotopic (exact) mass is 305 g/mol. The Hall–Kier alpha value is -1.59. The molecule has 0 atom stereocenters. The molecule has 0 aliphatic heterocycles. The number of esters is 1. The van der Waals surface area contributed by atoms with Crippen LogP contribution in [0.15, 0.2) is 40.6 Å². The second-order valence-electron chi connectivity index (χ2n) is 3.97. The zero-order chi connectivity index (χ0) is 14.5. The topological polar surface area (TPSA) is 50.2 Å². The molecule has 0 aliphatic carbocycles. The number of carbonyl (C=O) groups is 1. The average Bonchev–Trinajstić information content (AvgIpc) is 2.47. The molecule has 1 N–H and O–H groups in total. The molecule has 1 heterocycles. The van der Waals surface area contributed by atoms with Gasteiger partial charge in [-0.05, 0) is 24.8 Å². The largest absolute Gasteiger partial charge is 0.462 e. The number of carbonyl (C=O) groups excluding carboxylic acids is 1. The average molecular weight is 305 g/mol. The number of hydrogen-bond donors (Lipinski definition) is 1. The van der Waals surface area contributed by atoms with Crippen LogP contribution in [-0.2, 0) is 4.74 Å². The van der Waals surface area contributed by atoms with Gasteiger partial charge in [-0.25, -0.2) is 4.79 Å². The van der Waals surface area contributed by atoms with E-state index in [-0.39, 0.29) is 4.67 Å². The van der Waals surface area contributed by atoms with E-state index in [2.05, 4.69) is 0 Å². The molecule has 0 bridgehead atoms. The van der Waals surface area contributed by atoms with Crippen molar-refractivity contribution in [2.75, 3.05) is 12.9 Å². The quantitative estimate of drug-likeness (QED) is 0.690. The lowest BCUT2D eigenvalue weighted by Gasteiger charge is -2.10. The third kappa shape index (κ3) is 3.11. The van der Waals surface area contributed by atoms with Gasteiger partial charge in [-0.1, -0.05) is 30.3 Å². The lowest BCUT2D eigenvalue weighted by atomic mass is 10.0. The van der Waals surface area contributed by atoms with E-state index in [1.807, 2.05) is 42.7 Å². The van der Waals surface area contributed by atoms with Crippen LogP contribution in [0.1, 0.15) is 17.3 Å². The third-order valence-corrected chi connectivity index (χ3v) is 4.72. The Labute approximate surface area is 126 Å². The minimum absolute atomic E-state index is 0.245. The Balaban J connectivity index is 2.66. The van der Waals surface area contributed by atoms with Crippen LogP contribution in [0.2, 0.25) is 0 Å². The van der Waals surface area contributed by atoms with E-state index in [9.17, 15) is 4.79 Å². The van der Waals surface area contributed by atoms with E-state index in [1.165, 1.54) is 11.3 Å². The van der Waals surface area contributed by atoms with Gasteiger partial charge in [0.15, 0.2) is 0 Å². The summed E-state index contributed by atoms with van der Waals surface area (Å²) in [6.45, 7) is 2.07. The molecular formula is C15H15NO2S2. The molecule has 0 saturated heterocycles. The zero-order valence-corrected chi connectivity index (χ0v) is 12.9. The predicted octanol–water partition coefficient (Wildman–Crippen LogP) is 3.79. The molecule has 2 aromatic rings. The molecule has 104 valence electrons. The third-order valence-electron chi connectivity index (χ3n) is 2.73. The summed E-state index contributed by atoms with van der Waals surface area (Å²) >= 11 is 2.87. The van der Waals surface area contributed by atoms with E-state index in [0.717, 1.165) is 15.3 Å². The van der Waals surface area contributed by atoms with Crippen molar-refractivity contribution in [1.29, 1.82) is 5.41 Å². The van der Waals surface area contributed by atoms with E-state index >= 15 is 0 Å². The number of thioether (sulfide) groups is 1. The maximum Gasteiger partial charge on any atom is 0.341 e. The van der Waals surface area contributed by atoms with Crippen LogP contribution in [0.5, 0.6) is 0 Å². The summed E-state index contributed by atoms with van der Waals surface area (Å²) in [5, 5.41) is 8.12. The lowest BCUT2D eigenvalue weighted by Crippen LogP contribution is -2.17. The maximum atomic E-state index is 12.1. The van der Waals surface area contributed by atoms with Gasteiger partial charge in [-0.3, -0.25) is 5.41 Å². The molecule has 5 heteroatoms. The molecule has 0 amide bonds. The minimum atomic E-state index is -0.430. The number of ether oxygens (including phenoxy) is 1. The van der Waals surface area contributed by atoms with Crippen LogP contribution in [0.3, 0.4) is 0 Å². The first-order valence-corrected chi connectivity index (χ1v) is 8.20. The summed E-state index contributed by atoms with van der Waals surface area (Å²) in [4.78, 5) is 12.1. The van der Waals surface area contributed by atoms with Crippen LogP contribution in [0.4, 0.5) is 0 Å². The van der Waals surface area contributed by atoms with Gasteiger partial charge in [0, 0.05) is 5.56 Å². The lowest BCUT2D eigenvalue weighted by molar-refractivity contribution is 0.0526. The fraction of sp³-hybridized carbons (Fsp3) is 0.200. The van der Waals surface area contributed by atoms with E-state index in [0.29, 0.717) is 12.2 Å². The first-order chi connectivity index (χ1) is 9.67. The van der Waals surface area contributed by atoms with Crippen molar-refractivity contribution < 1.29 is 9.53 Å². The van der Waals surface area contributed by atoms with Gasteiger partial charge >= 0.3 is 5.97 Å². The highest BCUT2D eigenvalue weighted by atomic mass is 32.2.